The van der Waals surface area contributed by atoms with Crippen LogP contribution in [0.25, 0.3) is 0 Å². The number of carbonyl (C=O) groups is 3. The summed E-state index contributed by atoms with van der Waals surface area (Å²) >= 11 is 3.38. The van der Waals surface area contributed by atoms with Crippen LogP contribution in [0.3, 0.4) is 0 Å². The Morgan fingerprint density at radius 2 is 1.68 bits per heavy atom. The van der Waals surface area contributed by atoms with Crippen molar-refractivity contribution in [3.63, 3.8) is 0 Å². The van der Waals surface area contributed by atoms with Gasteiger partial charge in [-0.2, -0.15) is 0 Å². The van der Waals surface area contributed by atoms with Gasteiger partial charge in [0.15, 0.2) is 0 Å². The molecule has 0 aromatic heterocycles. The van der Waals surface area contributed by atoms with E-state index in [1.165, 1.54) is 0 Å². The minimum absolute atomic E-state index is 0.0414. The average molecular weight is 453 g/mol. The number of nitrogens with zero attached hydrogens (tertiary/aromatic N) is 1. The summed E-state index contributed by atoms with van der Waals surface area (Å²) in [7, 11) is 1.90. The number of aliphatic carboxylic acids is 2. The average Bonchev–Trinajstić information content (AvgIpc) is 2.63. The number of carbonyl (C=O) groups excluding carboxylic acids is 1. The zero-order valence-electron chi connectivity index (χ0n) is 15.2. The smallest absolute Gasteiger partial charge is 0.414 e. The fourth-order valence-corrected chi connectivity index (χ4v) is 2.33. The van der Waals surface area contributed by atoms with E-state index in [1.807, 2.05) is 66.5 Å². The summed E-state index contributed by atoms with van der Waals surface area (Å²) in [5.74, 6) is -2.85. The van der Waals surface area contributed by atoms with Crippen LogP contribution in [0.5, 0.6) is 5.75 Å². The molecule has 0 fully saturated rings. The molecule has 0 aliphatic rings. The first-order chi connectivity index (χ1) is 13.3. The van der Waals surface area contributed by atoms with Gasteiger partial charge in [-0.15, -0.1) is 0 Å². The molecule has 1 amide bonds. The van der Waals surface area contributed by atoms with Gasteiger partial charge in [-0.1, -0.05) is 40.2 Å². The van der Waals surface area contributed by atoms with E-state index in [4.69, 9.17) is 24.5 Å². The van der Waals surface area contributed by atoms with E-state index < -0.39 is 11.9 Å². The lowest BCUT2D eigenvalue weighted by atomic mass is 10.3. The van der Waals surface area contributed by atoms with Crippen LogP contribution >= 0.6 is 15.9 Å². The Balaban J connectivity index is 0.000000568. The molecule has 28 heavy (non-hydrogen) atoms. The van der Waals surface area contributed by atoms with E-state index in [9.17, 15) is 4.79 Å². The molecule has 0 unspecified atom stereocenters. The standard InChI is InChI=1S/C17H19BrN2O2.C2H2O4/c1-20(10-11-22-16-8-3-2-4-9-16)13-17(21)19-15-7-5-6-14(18)12-15;3-1(4)2(5)6/h2-9,12H,10-11,13H2,1H3,(H,19,21);(H,3,4)(H,5,6). The van der Waals surface area contributed by atoms with Gasteiger partial charge in [0.2, 0.25) is 5.91 Å². The molecule has 3 N–H and O–H groups in total. The molecule has 0 heterocycles. The number of anilines is 1. The summed E-state index contributed by atoms with van der Waals surface area (Å²) < 4.78 is 6.55. The van der Waals surface area contributed by atoms with Crippen molar-refractivity contribution in [3.8, 4) is 5.75 Å². The van der Waals surface area contributed by atoms with E-state index in [2.05, 4.69) is 21.2 Å². The van der Waals surface area contributed by atoms with E-state index >= 15 is 0 Å². The lowest BCUT2D eigenvalue weighted by Crippen LogP contribution is -2.33. The number of amides is 1. The Hall–Kier alpha value is -2.91. The first-order valence-corrected chi connectivity index (χ1v) is 8.95. The number of halogens is 1. The van der Waals surface area contributed by atoms with Crippen LogP contribution in [-0.4, -0.2) is 59.7 Å². The number of para-hydroxylation sites is 1. The lowest BCUT2D eigenvalue weighted by molar-refractivity contribution is -0.159. The molecule has 0 bridgehead atoms. The third-order valence-electron chi connectivity index (χ3n) is 3.19. The maximum Gasteiger partial charge on any atom is 0.414 e. The third-order valence-corrected chi connectivity index (χ3v) is 3.68. The molecule has 9 heteroatoms. The van der Waals surface area contributed by atoms with Crippen LogP contribution in [0.1, 0.15) is 0 Å². The summed E-state index contributed by atoms with van der Waals surface area (Å²) in [6.45, 7) is 1.55. The van der Waals surface area contributed by atoms with Crippen LogP contribution in [0.15, 0.2) is 59.1 Å². The van der Waals surface area contributed by atoms with Gasteiger partial charge >= 0.3 is 11.9 Å². The van der Waals surface area contributed by atoms with E-state index in [-0.39, 0.29) is 5.91 Å². The molecular formula is C19H21BrN2O6. The van der Waals surface area contributed by atoms with Crippen molar-refractivity contribution >= 4 is 39.5 Å². The van der Waals surface area contributed by atoms with Crippen LogP contribution in [-0.2, 0) is 14.4 Å². The maximum absolute atomic E-state index is 12.0. The zero-order chi connectivity index (χ0) is 20.9. The van der Waals surface area contributed by atoms with Crippen LogP contribution in [0.4, 0.5) is 5.69 Å². The van der Waals surface area contributed by atoms with Crippen molar-refractivity contribution in [3.05, 3.63) is 59.1 Å². The highest BCUT2D eigenvalue weighted by Crippen LogP contribution is 2.15. The van der Waals surface area contributed by atoms with E-state index in [0.29, 0.717) is 19.7 Å². The van der Waals surface area contributed by atoms with E-state index in [1.54, 1.807) is 0 Å². The minimum atomic E-state index is -1.82. The monoisotopic (exact) mass is 452 g/mol. The molecule has 2 aromatic rings. The van der Waals surface area contributed by atoms with Crippen molar-refractivity contribution in [2.24, 2.45) is 0 Å². The summed E-state index contributed by atoms with van der Waals surface area (Å²) in [5.41, 5.74) is 0.785. The number of nitrogens with one attached hydrogen (secondary N) is 1. The second-order valence-electron chi connectivity index (χ2n) is 5.57. The number of carboxylic acids is 2. The van der Waals surface area contributed by atoms with Crippen molar-refractivity contribution in [1.29, 1.82) is 0 Å². The Bertz CT molecular complexity index is 773. The molecule has 0 aliphatic heterocycles. The normalized spacial score (nSPS) is 9.82. The van der Waals surface area contributed by atoms with Gasteiger partial charge in [-0.25, -0.2) is 9.59 Å². The molecule has 2 rings (SSSR count). The van der Waals surface area contributed by atoms with Gasteiger partial charge in [0.1, 0.15) is 12.4 Å². The van der Waals surface area contributed by atoms with Crippen molar-refractivity contribution in [1.82, 2.24) is 4.90 Å². The molecule has 0 saturated carbocycles. The quantitative estimate of drug-likeness (QED) is 0.552. The number of likely N-dealkylation sites (N-methyl/N-ethyl adjacent to an activating group) is 1. The second kappa shape index (κ2) is 12.5. The number of ether oxygens (including phenoxy) is 1. The fourth-order valence-electron chi connectivity index (χ4n) is 1.93. The fraction of sp³-hybridized carbons (Fsp3) is 0.211. The summed E-state index contributed by atoms with van der Waals surface area (Å²) in [5, 5.41) is 17.7. The van der Waals surface area contributed by atoms with Gasteiger partial charge < -0.3 is 20.3 Å². The van der Waals surface area contributed by atoms with Gasteiger partial charge in [0, 0.05) is 16.7 Å². The number of benzene rings is 2. The molecule has 150 valence electrons. The topological polar surface area (TPSA) is 116 Å². The van der Waals surface area contributed by atoms with Gasteiger partial charge in [0.05, 0.1) is 6.54 Å². The Kier molecular flexibility index (Phi) is 10.3. The second-order valence-corrected chi connectivity index (χ2v) is 6.48. The highest BCUT2D eigenvalue weighted by Gasteiger charge is 2.07. The van der Waals surface area contributed by atoms with Crippen LogP contribution in [0.2, 0.25) is 0 Å². The molecule has 0 atom stereocenters. The molecule has 0 spiro atoms. The molecule has 8 nitrogen and oxygen atoms in total. The predicted octanol–water partition coefficient (Wildman–Crippen LogP) is 2.55. The summed E-state index contributed by atoms with van der Waals surface area (Å²) in [6, 6.07) is 17.2. The third kappa shape index (κ3) is 10.3. The largest absolute Gasteiger partial charge is 0.492 e. The number of rotatable bonds is 7. The Morgan fingerprint density at radius 1 is 1.04 bits per heavy atom. The number of hydrogen-bond acceptors (Lipinski definition) is 5. The van der Waals surface area contributed by atoms with Crippen LogP contribution in [0, 0.1) is 0 Å². The van der Waals surface area contributed by atoms with Gasteiger partial charge in [0.25, 0.3) is 0 Å². The summed E-state index contributed by atoms with van der Waals surface area (Å²) in [4.78, 5) is 32.1. The molecular weight excluding hydrogens is 432 g/mol. The lowest BCUT2D eigenvalue weighted by Gasteiger charge is -2.16. The zero-order valence-corrected chi connectivity index (χ0v) is 16.8. The Labute approximate surface area is 170 Å². The maximum atomic E-state index is 12.0. The summed E-state index contributed by atoms with van der Waals surface area (Å²) in [6.07, 6.45) is 0. The number of carboxylic acid groups (broad SMARTS) is 2. The molecule has 0 saturated heterocycles. The van der Waals surface area contributed by atoms with E-state index in [0.717, 1.165) is 15.9 Å². The predicted molar refractivity (Wildman–Crippen MR) is 107 cm³/mol. The van der Waals surface area contributed by atoms with Crippen molar-refractivity contribution < 1.29 is 29.3 Å². The van der Waals surface area contributed by atoms with Gasteiger partial charge in [-0.05, 0) is 37.4 Å². The van der Waals surface area contributed by atoms with Crippen molar-refractivity contribution in [2.45, 2.75) is 0 Å². The SMILES string of the molecule is CN(CCOc1ccccc1)CC(=O)Nc1cccc(Br)c1.O=C(O)C(=O)O. The van der Waals surface area contributed by atoms with Gasteiger partial charge in [-0.3, -0.25) is 9.69 Å². The minimum Gasteiger partial charge on any atom is -0.492 e. The molecule has 0 radical (unpaired) electrons. The highest BCUT2D eigenvalue weighted by atomic mass is 79.9. The first kappa shape index (κ1) is 23.1. The molecule has 0 aliphatic carbocycles. The molecule has 2 aromatic carbocycles. The van der Waals surface area contributed by atoms with Crippen molar-refractivity contribution in [2.75, 3.05) is 32.1 Å². The number of hydrogen-bond donors (Lipinski definition) is 3. The Morgan fingerprint density at radius 3 is 2.25 bits per heavy atom. The van der Waals surface area contributed by atoms with Crippen LogP contribution < -0.4 is 10.1 Å². The highest BCUT2D eigenvalue weighted by molar-refractivity contribution is 9.10. The first-order valence-electron chi connectivity index (χ1n) is 8.16.